The third kappa shape index (κ3) is 3.80. The molecule has 0 saturated carbocycles. The largest absolute Gasteiger partial charge is 0.325 e. The molecule has 0 fully saturated rings. The molecule has 3 rings (SSSR count). The summed E-state index contributed by atoms with van der Waals surface area (Å²) in [6.45, 7) is 3.33. The molecule has 0 bridgehead atoms. The number of imidazole rings is 1. The van der Waals surface area contributed by atoms with Crippen LogP contribution < -0.4 is 16.3 Å². The molecule has 0 aliphatic carbocycles. The lowest BCUT2D eigenvalue weighted by atomic mass is 10.1. The molecule has 26 heavy (non-hydrogen) atoms. The van der Waals surface area contributed by atoms with Gasteiger partial charge in [-0.1, -0.05) is 6.07 Å². The van der Waals surface area contributed by atoms with Crippen molar-refractivity contribution in [3.05, 3.63) is 64.1 Å². The van der Waals surface area contributed by atoms with Crippen LogP contribution in [0, 0.1) is 11.6 Å². The fourth-order valence-corrected chi connectivity index (χ4v) is 2.75. The summed E-state index contributed by atoms with van der Waals surface area (Å²) in [7, 11) is 0. The molecule has 6 nitrogen and oxygen atoms in total. The predicted octanol–water partition coefficient (Wildman–Crippen LogP) is 2.81. The highest BCUT2D eigenvalue weighted by molar-refractivity contribution is 5.96. The number of rotatable bonds is 5. The normalized spacial score (nSPS) is 13.5. The Morgan fingerprint density at radius 2 is 1.77 bits per heavy atom. The molecule has 8 heteroatoms. The SMILES string of the molecule is C[C@@H](N[C@H](C)c1ccc(F)cc1F)C(=O)Nc1ccc2[nH]c(=O)[nH]c2c1. The first-order valence-corrected chi connectivity index (χ1v) is 8.07. The maximum atomic E-state index is 13.8. The van der Waals surface area contributed by atoms with E-state index in [1.165, 1.54) is 12.1 Å². The zero-order chi connectivity index (χ0) is 18.8. The molecular weight excluding hydrogens is 342 g/mol. The lowest BCUT2D eigenvalue weighted by Gasteiger charge is -2.20. The number of amides is 1. The summed E-state index contributed by atoms with van der Waals surface area (Å²) < 4.78 is 26.8. The van der Waals surface area contributed by atoms with Crippen LogP contribution in [0.1, 0.15) is 25.5 Å². The van der Waals surface area contributed by atoms with E-state index in [0.29, 0.717) is 16.7 Å². The minimum atomic E-state index is -0.667. The number of carbonyl (C=O) groups is 1. The van der Waals surface area contributed by atoms with Crippen LogP contribution in [0.3, 0.4) is 0 Å². The summed E-state index contributed by atoms with van der Waals surface area (Å²) in [5.41, 5.74) is 1.69. The van der Waals surface area contributed by atoms with Crippen molar-refractivity contribution in [2.45, 2.75) is 25.9 Å². The van der Waals surface area contributed by atoms with Crippen molar-refractivity contribution in [1.82, 2.24) is 15.3 Å². The molecular formula is C18H18F2N4O2. The zero-order valence-electron chi connectivity index (χ0n) is 14.2. The van der Waals surface area contributed by atoms with Crippen molar-refractivity contribution in [3.63, 3.8) is 0 Å². The second kappa shape index (κ2) is 7.09. The average Bonchev–Trinajstić information content (AvgIpc) is 2.93. The molecule has 1 amide bonds. The summed E-state index contributed by atoms with van der Waals surface area (Å²) in [6, 6.07) is 7.20. The number of aromatic amines is 2. The highest BCUT2D eigenvalue weighted by Crippen LogP contribution is 2.19. The third-order valence-electron chi connectivity index (χ3n) is 4.11. The number of H-pyrrole nitrogens is 2. The average molecular weight is 360 g/mol. The van der Waals surface area contributed by atoms with E-state index >= 15 is 0 Å². The molecule has 2 atom stereocenters. The second-order valence-electron chi connectivity index (χ2n) is 6.10. The molecule has 0 unspecified atom stereocenters. The minimum Gasteiger partial charge on any atom is -0.325 e. The van der Waals surface area contributed by atoms with Crippen LogP contribution >= 0.6 is 0 Å². The Kier molecular flexibility index (Phi) is 4.85. The number of fused-ring (bicyclic) bond motifs is 1. The van der Waals surface area contributed by atoms with Crippen molar-refractivity contribution in [3.8, 4) is 0 Å². The van der Waals surface area contributed by atoms with Gasteiger partial charge in [0, 0.05) is 23.4 Å². The van der Waals surface area contributed by atoms with E-state index in [4.69, 9.17) is 0 Å². The molecule has 4 N–H and O–H groups in total. The molecule has 0 spiro atoms. The summed E-state index contributed by atoms with van der Waals surface area (Å²) in [6.07, 6.45) is 0. The summed E-state index contributed by atoms with van der Waals surface area (Å²) >= 11 is 0. The van der Waals surface area contributed by atoms with Gasteiger partial charge in [0.05, 0.1) is 17.1 Å². The molecule has 0 aliphatic heterocycles. The molecule has 2 aromatic carbocycles. The number of carbonyl (C=O) groups excluding carboxylic acids is 1. The van der Waals surface area contributed by atoms with E-state index in [1.54, 1.807) is 32.0 Å². The van der Waals surface area contributed by atoms with Gasteiger partial charge in [-0.2, -0.15) is 0 Å². The summed E-state index contributed by atoms with van der Waals surface area (Å²) in [4.78, 5) is 28.9. The van der Waals surface area contributed by atoms with E-state index in [-0.39, 0.29) is 17.2 Å². The molecule has 0 aliphatic rings. The van der Waals surface area contributed by atoms with Gasteiger partial charge in [-0.15, -0.1) is 0 Å². The highest BCUT2D eigenvalue weighted by atomic mass is 19.1. The number of aromatic nitrogens is 2. The van der Waals surface area contributed by atoms with Crippen LogP contribution in [0.5, 0.6) is 0 Å². The van der Waals surface area contributed by atoms with Gasteiger partial charge in [0.15, 0.2) is 0 Å². The van der Waals surface area contributed by atoms with E-state index in [0.717, 1.165) is 6.07 Å². The monoisotopic (exact) mass is 360 g/mol. The maximum Gasteiger partial charge on any atom is 0.323 e. The quantitative estimate of drug-likeness (QED) is 0.564. The summed E-state index contributed by atoms with van der Waals surface area (Å²) in [5.74, 6) is -1.64. The second-order valence-corrected chi connectivity index (χ2v) is 6.10. The molecule has 0 radical (unpaired) electrons. The van der Waals surface area contributed by atoms with Gasteiger partial charge >= 0.3 is 5.69 Å². The van der Waals surface area contributed by atoms with Crippen molar-refractivity contribution >= 4 is 22.6 Å². The van der Waals surface area contributed by atoms with Gasteiger partial charge in [-0.25, -0.2) is 13.6 Å². The van der Waals surface area contributed by atoms with Gasteiger partial charge in [-0.3, -0.25) is 10.1 Å². The summed E-state index contributed by atoms with van der Waals surface area (Å²) in [5, 5.41) is 5.71. The first kappa shape index (κ1) is 17.8. The molecule has 0 saturated heterocycles. The number of anilines is 1. The Morgan fingerprint density at radius 3 is 2.50 bits per heavy atom. The Bertz CT molecular complexity index is 1010. The minimum absolute atomic E-state index is 0.275. The maximum absolute atomic E-state index is 13.8. The van der Waals surface area contributed by atoms with Crippen molar-refractivity contribution < 1.29 is 13.6 Å². The first-order valence-electron chi connectivity index (χ1n) is 8.07. The molecule has 1 aromatic heterocycles. The van der Waals surface area contributed by atoms with Gasteiger partial charge in [0.1, 0.15) is 11.6 Å². The van der Waals surface area contributed by atoms with Gasteiger partial charge in [0.25, 0.3) is 0 Å². The molecule has 136 valence electrons. The molecule has 3 aromatic rings. The van der Waals surface area contributed by atoms with Crippen LogP contribution in [0.4, 0.5) is 14.5 Å². The van der Waals surface area contributed by atoms with E-state index < -0.39 is 23.7 Å². The Hall–Kier alpha value is -3.00. The Labute approximate surface area is 147 Å². The first-order chi connectivity index (χ1) is 12.3. The van der Waals surface area contributed by atoms with Crippen LogP contribution in [0.25, 0.3) is 11.0 Å². The number of hydrogen-bond donors (Lipinski definition) is 4. The predicted molar refractivity (Wildman–Crippen MR) is 94.9 cm³/mol. The topological polar surface area (TPSA) is 89.8 Å². The van der Waals surface area contributed by atoms with Crippen molar-refractivity contribution in [2.75, 3.05) is 5.32 Å². The third-order valence-corrected chi connectivity index (χ3v) is 4.11. The van der Waals surface area contributed by atoms with E-state index in [9.17, 15) is 18.4 Å². The number of nitrogens with one attached hydrogen (secondary N) is 4. The van der Waals surface area contributed by atoms with Crippen LogP contribution in [0.2, 0.25) is 0 Å². The van der Waals surface area contributed by atoms with E-state index in [1.807, 2.05) is 0 Å². The standard InChI is InChI=1S/C18H18F2N4O2/c1-9(13-5-3-11(19)7-14(13)20)21-10(2)17(25)22-12-4-6-15-16(8-12)24-18(26)23-15/h3-10,21H,1-2H3,(H,22,25)(H2,23,24,26)/t9-,10-/m1/s1. The Balaban J connectivity index is 1.67. The smallest absolute Gasteiger partial charge is 0.323 e. The van der Waals surface area contributed by atoms with Crippen LogP contribution in [-0.2, 0) is 4.79 Å². The fraction of sp³-hybridized carbons (Fsp3) is 0.222. The number of halogens is 2. The molecule has 1 heterocycles. The fourth-order valence-electron chi connectivity index (χ4n) is 2.75. The van der Waals surface area contributed by atoms with Gasteiger partial charge in [0.2, 0.25) is 5.91 Å². The lowest BCUT2D eigenvalue weighted by molar-refractivity contribution is -0.117. The van der Waals surface area contributed by atoms with Crippen LogP contribution in [0.15, 0.2) is 41.2 Å². The number of benzene rings is 2. The van der Waals surface area contributed by atoms with Crippen LogP contribution in [-0.4, -0.2) is 21.9 Å². The Morgan fingerprint density at radius 1 is 1.04 bits per heavy atom. The van der Waals surface area contributed by atoms with Crippen molar-refractivity contribution in [1.29, 1.82) is 0 Å². The van der Waals surface area contributed by atoms with Gasteiger partial charge in [-0.05, 0) is 38.1 Å². The van der Waals surface area contributed by atoms with Crippen molar-refractivity contribution in [2.24, 2.45) is 0 Å². The van der Waals surface area contributed by atoms with E-state index in [2.05, 4.69) is 20.6 Å². The zero-order valence-corrected chi connectivity index (χ0v) is 14.2. The number of hydrogen-bond acceptors (Lipinski definition) is 3. The van der Waals surface area contributed by atoms with Gasteiger partial charge < -0.3 is 15.3 Å². The highest BCUT2D eigenvalue weighted by Gasteiger charge is 2.19. The lowest BCUT2D eigenvalue weighted by Crippen LogP contribution is -2.39.